The molecule has 0 bridgehead atoms. The lowest BCUT2D eigenvalue weighted by Crippen LogP contribution is -2.17. The summed E-state index contributed by atoms with van der Waals surface area (Å²) in [5.74, 6) is 1.79. The van der Waals surface area contributed by atoms with Crippen LogP contribution in [-0.2, 0) is 12.8 Å². The lowest BCUT2D eigenvalue weighted by Gasteiger charge is -2.10. The Balaban J connectivity index is 1.52. The van der Waals surface area contributed by atoms with Gasteiger partial charge in [0.1, 0.15) is 6.33 Å². The van der Waals surface area contributed by atoms with Crippen molar-refractivity contribution in [2.24, 2.45) is 12.1 Å². The number of hydrazone groups is 1. The maximum atomic E-state index is 12.4. The summed E-state index contributed by atoms with van der Waals surface area (Å²) in [6.45, 7) is 2.76. The van der Waals surface area contributed by atoms with E-state index in [1.807, 2.05) is 41.9 Å². The van der Waals surface area contributed by atoms with Crippen LogP contribution in [0.1, 0.15) is 41.3 Å². The summed E-state index contributed by atoms with van der Waals surface area (Å²) in [7, 11) is 3.50. The smallest absolute Gasteiger partial charge is 0.271 e. The fourth-order valence-electron chi connectivity index (χ4n) is 2.74. The van der Waals surface area contributed by atoms with Crippen LogP contribution in [0.5, 0.6) is 11.5 Å². The molecule has 1 N–H and O–H groups in total. The fourth-order valence-corrected chi connectivity index (χ4v) is 3.59. The van der Waals surface area contributed by atoms with Gasteiger partial charge in [-0.05, 0) is 47.9 Å². The Morgan fingerprint density at radius 1 is 1.22 bits per heavy atom. The molecule has 0 spiro atoms. The van der Waals surface area contributed by atoms with E-state index < -0.39 is 0 Å². The summed E-state index contributed by atoms with van der Waals surface area (Å²) >= 11 is 1.59. The zero-order valence-corrected chi connectivity index (χ0v) is 19.3. The number of unbranched alkanes of at least 4 members (excludes halogenated alkanes) is 1. The zero-order chi connectivity index (χ0) is 22.8. The van der Waals surface area contributed by atoms with E-state index in [1.165, 1.54) is 0 Å². The van der Waals surface area contributed by atoms with Crippen LogP contribution in [0.4, 0.5) is 0 Å². The first kappa shape index (κ1) is 23.3. The van der Waals surface area contributed by atoms with Crippen molar-refractivity contribution in [1.29, 1.82) is 0 Å². The number of rotatable bonds is 11. The van der Waals surface area contributed by atoms with E-state index in [9.17, 15) is 4.79 Å². The predicted octanol–water partition coefficient (Wildman–Crippen LogP) is 4.06. The minimum Gasteiger partial charge on any atom is -0.493 e. The molecule has 3 aromatic rings. The lowest BCUT2D eigenvalue weighted by molar-refractivity contribution is 0.0955. The second-order valence-corrected chi connectivity index (χ2v) is 7.96. The standard InChI is InChI=1S/C23H27N5O3S/c1-4-5-12-31-20-11-8-18(13-21(20)30-3)14-24-26-22(29)19-9-6-17(7-10-19)15-32-23-27-25-16-28(23)2/h6-11,13-14,16H,4-5,12,15H2,1-3H3,(H,26,29)/b24-14+. The number of benzene rings is 2. The number of hydrogen-bond acceptors (Lipinski definition) is 7. The van der Waals surface area contributed by atoms with Gasteiger partial charge >= 0.3 is 0 Å². The highest BCUT2D eigenvalue weighted by Gasteiger charge is 2.07. The van der Waals surface area contributed by atoms with Crippen molar-refractivity contribution < 1.29 is 14.3 Å². The highest BCUT2D eigenvalue weighted by atomic mass is 32.2. The van der Waals surface area contributed by atoms with Crippen LogP contribution in [0, 0.1) is 0 Å². The summed E-state index contributed by atoms with van der Waals surface area (Å²) < 4.78 is 13.0. The zero-order valence-electron chi connectivity index (χ0n) is 18.4. The number of thioether (sulfide) groups is 1. The first-order valence-corrected chi connectivity index (χ1v) is 11.3. The molecule has 2 aromatic carbocycles. The van der Waals surface area contributed by atoms with E-state index in [-0.39, 0.29) is 5.91 Å². The van der Waals surface area contributed by atoms with Gasteiger partial charge in [0.15, 0.2) is 16.7 Å². The number of carbonyl (C=O) groups is 1. The van der Waals surface area contributed by atoms with Gasteiger partial charge in [0.05, 0.1) is 19.9 Å². The average Bonchev–Trinajstić information content (AvgIpc) is 3.23. The van der Waals surface area contributed by atoms with Crippen LogP contribution in [0.25, 0.3) is 0 Å². The third kappa shape index (κ3) is 6.58. The van der Waals surface area contributed by atoms with E-state index in [4.69, 9.17) is 9.47 Å². The number of hydrogen-bond donors (Lipinski definition) is 1. The Bertz CT molecular complexity index is 1050. The molecule has 1 heterocycles. The highest BCUT2D eigenvalue weighted by molar-refractivity contribution is 7.98. The molecule has 3 rings (SSSR count). The second-order valence-electron chi connectivity index (χ2n) is 7.02. The normalized spacial score (nSPS) is 11.0. The summed E-state index contributed by atoms with van der Waals surface area (Å²) in [4.78, 5) is 12.4. The van der Waals surface area contributed by atoms with Crippen molar-refractivity contribution >= 4 is 23.9 Å². The number of nitrogens with zero attached hydrogens (tertiary/aromatic N) is 4. The molecule has 1 aromatic heterocycles. The van der Waals surface area contributed by atoms with E-state index >= 15 is 0 Å². The minimum absolute atomic E-state index is 0.278. The van der Waals surface area contributed by atoms with E-state index in [2.05, 4.69) is 27.6 Å². The van der Waals surface area contributed by atoms with Crippen molar-refractivity contribution in [3.8, 4) is 11.5 Å². The number of ether oxygens (including phenoxy) is 2. The highest BCUT2D eigenvalue weighted by Crippen LogP contribution is 2.27. The van der Waals surface area contributed by atoms with Crippen LogP contribution in [-0.4, -0.2) is 40.6 Å². The van der Waals surface area contributed by atoms with Crippen molar-refractivity contribution in [3.63, 3.8) is 0 Å². The first-order chi connectivity index (χ1) is 15.6. The third-order valence-corrected chi connectivity index (χ3v) is 5.68. The Hall–Kier alpha value is -3.33. The number of methoxy groups -OCH3 is 1. The van der Waals surface area contributed by atoms with Crippen molar-refractivity contribution in [2.45, 2.75) is 30.7 Å². The molecule has 0 fully saturated rings. The Kier molecular flexibility index (Phi) is 8.68. The van der Waals surface area contributed by atoms with Crippen LogP contribution in [0.3, 0.4) is 0 Å². The Morgan fingerprint density at radius 2 is 2.03 bits per heavy atom. The molecule has 0 aliphatic heterocycles. The van der Waals surface area contributed by atoms with Crippen molar-refractivity contribution in [1.82, 2.24) is 20.2 Å². The largest absolute Gasteiger partial charge is 0.493 e. The molecule has 32 heavy (non-hydrogen) atoms. The number of amides is 1. The molecule has 9 heteroatoms. The minimum atomic E-state index is -0.278. The van der Waals surface area contributed by atoms with Crippen LogP contribution >= 0.6 is 11.8 Å². The Labute approximate surface area is 192 Å². The molecule has 0 saturated heterocycles. The van der Waals surface area contributed by atoms with Crippen LogP contribution in [0.15, 0.2) is 59.0 Å². The molecule has 168 valence electrons. The molecule has 0 unspecified atom stereocenters. The van der Waals surface area contributed by atoms with Gasteiger partial charge in [-0.3, -0.25) is 4.79 Å². The first-order valence-electron chi connectivity index (χ1n) is 10.3. The number of nitrogens with one attached hydrogen (secondary N) is 1. The molecular weight excluding hydrogens is 426 g/mol. The SMILES string of the molecule is CCCCOc1ccc(/C=N/NC(=O)c2ccc(CSc3nncn3C)cc2)cc1OC. The molecular formula is C23H27N5O3S. The fraction of sp³-hybridized carbons (Fsp3) is 0.304. The van der Waals surface area contributed by atoms with Gasteiger partial charge in [-0.15, -0.1) is 10.2 Å². The molecule has 0 saturated carbocycles. The van der Waals surface area contributed by atoms with Gasteiger partial charge in [0.2, 0.25) is 0 Å². The molecule has 8 nitrogen and oxygen atoms in total. The average molecular weight is 454 g/mol. The van der Waals surface area contributed by atoms with E-state index in [0.29, 0.717) is 23.7 Å². The van der Waals surface area contributed by atoms with Gasteiger partial charge in [-0.1, -0.05) is 37.2 Å². The van der Waals surface area contributed by atoms with Crippen LogP contribution < -0.4 is 14.9 Å². The summed E-state index contributed by atoms with van der Waals surface area (Å²) in [6.07, 6.45) is 5.29. The summed E-state index contributed by atoms with van der Waals surface area (Å²) in [5.41, 5.74) is 4.97. The third-order valence-electron chi connectivity index (χ3n) is 4.58. The molecule has 0 radical (unpaired) electrons. The number of aryl methyl sites for hydroxylation is 1. The second kappa shape index (κ2) is 11.9. The Morgan fingerprint density at radius 3 is 2.72 bits per heavy atom. The van der Waals surface area contributed by atoms with E-state index in [1.54, 1.807) is 43.5 Å². The van der Waals surface area contributed by atoms with Gasteiger partial charge in [-0.25, -0.2) is 5.43 Å². The van der Waals surface area contributed by atoms with E-state index in [0.717, 1.165) is 34.9 Å². The van der Waals surface area contributed by atoms with Gasteiger partial charge < -0.3 is 14.0 Å². The number of aromatic nitrogens is 3. The molecule has 1 amide bonds. The maximum absolute atomic E-state index is 12.4. The van der Waals surface area contributed by atoms with Crippen molar-refractivity contribution in [3.05, 3.63) is 65.5 Å². The molecule has 0 atom stereocenters. The number of carbonyl (C=O) groups excluding carboxylic acids is 1. The quantitative estimate of drug-likeness (QED) is 0.204. The maximum Gasteiger partial charge on any atom is 0.271 e. The van der Waals surface area contributed by atoms with Gasteiger partial charge in [0, 0.05) is 18.4 Å². The topological polar surface area (TPSA) is 90.6 Å². The van der Waals surface area contributed by atoms with Gasteiger partial charge in [-0.2, -0.15) is 5.10 Å². The predicted molar refractivity (Wildman–Crippen MR) is 125 cm³/mol. The lowest BCUT2D eigenvalue weighted by atomic mass is 10.1. The van der Waals surface area contributed by atoms with Gasteiger partial charge in [0.25, 0.3) is 5.91 Å². The summed E-state index contributed by atoms with van der Waals surface area (Å²) in [6, 6.07) is 12.9. The molecule has 0 aliphatic carbocycles. The van der Waals surface area contributed by atoms with Crippen LogP contribution in [0.2, 0.25) is 0 Å². The summed E-state index contributed by atoms with van der Waals surface area (Å²) in [5, 5.41) is 12.8. The molecule has 0 aliphatic rings. The monoisotopic (exact) mass is 453 g/mol. The van der Waals surface area contributed by atoms with Crippen molar-refractivity contribution in [2.75, 3.05) is 13.7 Å².